The summed E-state index contributed by atoms with van der Waals surface area (Å²) in [6.07, 6.45) is 8.89. The van der Waals surface area contributed by atoms with Crippen molar-refractivity contribution in [3.8, 4) is 0 Å². The van der Waals surface area contributed by atoms with Gasteiger partial charge in [0, 0.05) is 18.7 Å². The molecule has 0 bridgehead atoms. The molecule has 0 aromatic carbocycles. The van der Waals surface area contributed by atoms with Crippen molar-refractivity contribution in [2.24, 2.45) is 10.9 Å². The first kappa shape index (κ1) is 12.8. The molecule has 96 valence electrons. The molecule has 1 atom stereocenters. The van der Waals surface area contributed by atoms with Crippen molar-refractivity contribution in [3.63, 3.8) is 0 Å². The van der Waals surface area contributed by atoms with Crippen LogP contribution in [0.3, 0.4) is 0 Å². The normalized spacial score (nSPS) is 19.7. The zero-order valence-corrected chi connectivity index (χ0v) is 11.0. The second kappa shape index (κ2) is 5.80. The molecule has 0 N–H and O–H groups in total. The quantitative estimate of drug-likeness (QED) is 0.753. The highest BCUT2D eigenvalue weighted by Crippen LogP contribution is 2.20. The van der Waals surface area contributed by atoms with Gasteiger partial charge < -0.3 is 0 Å². The molecule has 3 nitrogen and oxygen atoms in total. The van der Waals surface area contributed by atoms with E-state index in [2.05, 4.69) is 17.1 Å². The third-order valence-corrected chi connectivity index (χ3v) is 3.05. The van der Waals surface area contributed by atoms with Crippen LogP contribution in [0, 0.1) is 5.92 Å². The van der Waals surface area contributed by atoms with Crippen molar-refractivity contribution in [1.29, 1.82) is 0 Å². The molecule has 1 aromatic rings. The van der Waals surface area contributed by atoms with Gasteiger partial charge in [0.1, 0.15) is 5.49 Å². The van der Waals surface area contributed by atoms with Crippen LogP contribution < -0.4 is 5.49 Å². The lowest BCUT2D eigenvalue weighted by Gasteiger charge is -2.10. The highest BCUT2D eigenvalue weighted by Gasteiger charge is 2.15. The van der Waals surface area contributed by atoms with E-state index in [1.807, 2.05) is 38.2 Å². The van der Waals surface area contributed by atoms with Crippen LogP contribution in [0.5, 0.6) is 0 Å². The number of allylic oxidation sites excluding steroid dienone is 2. The Kier molecular flexibility index (Phi) is 4.13. The molecular weight excluding hydrogens is 224 g/mol. The summed E-state index contributed by atoms with van der Waals surface area (Å²) < 4.78 is 1.67. The number of pyridine rings is 1. The highest BCUT2D eigenvalue weighted by molar-refractivity contribution is 5.79. The third kappa shape index (κ3) is 3.19. The van der Waals surface area contributed by atoms with E-state index in [4.69, 9.17) is 0 Å². The molecule has 0 unspecified atom stereocenters. The molecule has 3 heteroatoms. The number of rotatable bonds is 3. The average molecular weight is 244 g/mol. The number of carbonyl (C=O) groups is 1. The summed E-state index contributed by atoms with van der Waals surface area (Å²) in [7, 11) is 0. The van der Waals surface area contributed by atoms with Gasteiger partial charge in [-0.25, -0.2) is 0 Å². The average Bonchev–Trinajstić information content (AvgIpc) is 2.81. The number of nitrogens with zero attached hydrogens (tertiary/aromatic N) is 2. The summed E-state index contributed by atoms with van der Waals surface area (Å²) in [6.45, 7) is 4.03. The second-order valence-corrected chi connectivity index (χ2v) is 5.02. The Bertz CT molecular complexity index is 511. The molecule has 2 rings (SSSR count). The Hall–Kier alpha value is -1.64. The second-order valence-electron chi connectivity index (χ2n) is 5.02. The Balaban J connectivity index is 2.21. The van der Waals surface area contributed by atoms with Gasteiger partial charge in [0.2, 0.25) is 5.91 Å². The Morgan fingerprint density at radius 3 is 3.00 bits per heavy atom. The molecule has 0 saturated carbocycles. The first-order chi connectivity index (χ1) is 8.66. The SMILES string of the molecule is CC(C)N=c1ccccn1C(=O)C[C@@H]1C=CCC1. The lowest BCUT2D eigenvalue weighted by atomic mass is 10.1. The molecule has 0 spiro atoms. The van der Waals surface area contributed by atoms with Crippen molar-refractivity contribution in [2.45, 2.75) is 39.2 Å². The van der Waals surface area contributed by atoms with Gasteiger partial charge in [0.05, 0.1) is 0 Å². The van der Waals surface area contributed by atoms with Crippen molar-refractivity contribution in [2.75, 3.05) is 0 Å². The summed E-state index contributed by atoms with van der Waals surface area (Å²) in [5.41, 5.74) is 0.750. The van der Waals surface area contributed by atoms with Crippen molar-refractivity contribution in [3.05, 3.63) is 42.0 Å². The van der Waals surface area contributed by atoms with E-state index in [-0.39, 0.29) is 11.9 Å². The van der Waals surface area contributed by atoms with Crippen molar-refractivity contribution >= 4 is 5.91 Å². The molecule has 0 aliphatic heterocycles. The standard InChI is InChI=1S/C15H20N2O/c1-12(2)16-14-9-5-6-10-17(14)15(18)11-13-7-3-4-8-13/h3,5-7,9-10,12-13H,4,8,11H2,1-2H3/t13-/m1/s1. The Morgan fingerprint density at radius 2 is 2.33 bits per heavy atom. The van der Waals surface area contributed by atoms with Gasteiger partial charge in [0.25, 0.3) is 0 Å². The molecule has 1 aliphatic rings. The van der Waals surface area contributed by atoms with E-state index in [1.54, 1.807) is 4.57 Å². The van der Waals surface area contributed by atoms with Crippen molar-refractivity contribution in [1.82, 2.24) is 4.57 Å². The fraction of sp³-hybridized carbons (Fsp3) is 0.467. The van der Waals surface area contributed by atoms with E-state index in [0.717, 1.165) is 18.3 Å². The van der Waals surface area contributed by atoms with Gasteiger partial charge in [-0.2, -0.15) is 0 Å². The number of aromatic nitrogens is 1. The molecule has 18 heavy (non-hydrogen) atoms. The Labute approximate surface area is 108 Å². The maximum absolute atomic E-state index is 12.3. The predicted molar refractivity (Wildman–Crippen MR) is 72.2 cm³/mol. The minimum Gasteiger partial charge on any atom is -0.274 e. The first-order valence-corrected chi connectivity index (χ1v) is 6.58. The summed E-state index contributed by atoms with van der Waals surface area (Å²) in [5, 5.41) is 0. The van der Waals surface area contributed by atoms with Crippen LogP contribution in [0.4, 0.5) is 0 Å². The zero-order chi connectivity index (χ0) is 13.0. The number of hydrogen-bond acceptors (Lipinski definition) is 2. The van der Waals surface area contributed by atoms with Gasteiger partial charge in [-0.3, -0.25) is 14.4 Å². The van der Waals surface area contributed by atoms with Crippen LogP contribution in [0.1, 0.15) is 37.9 Å². The van der Waals surface area contributed by atoms with Crippen LogP contribution in [0.25, 0.3) is 0 Å². The van der Waals surface area contributed by atoms with Crippen LogP contribution in [-0.2, 0) is 0 Å². The van der Waals surface area contributed by atoms with E-state index in [1.165, 1.54) is 0 Å². The predicted octanol–water partition coefficient (Wildman–Crippen LogP) is 2.79. The summed E-state index contributed by atoms with van der Waals surface area (Å²) >= 11 is 0. The minimum atomic E-state index is 0.131. The van der Waals surface area contributed by atoms with Gasteiger partial charge in [-0.15, -0.1) is 0 Å². The molecular formula is C15H20N2O. The molecule has 1 aliphatic carbocycles. The Morgan fingerprint density at radius 1 is 1.50 bits per heavy atom. The fourth-order valence-corrected chi connectivity index (χ4v) is 2.20. The lowest BCUT2D eigenvalue weighted by molar-refractivity contribution is 0.0882. The number of hydrogen-bond donors (Lipinski definition) is 0. The largest absolute Gasteiger partial charge is 0.274 e. The number of carbonyl (C=O) groups excluding carboxylic acids is 1. The molecule has 0 saturated heterocycles. The highest BCUT2D eigenvalue weighted by atomic mass is 16.2. The maximum Gasteiger partial charge on any atom is 0.232 e. The molecule has 0 amide bonds. The van der Waals surface area contributed by atoms with Crippen LogP contribution in [0.2, 0.25) is 0 Å². The zero-order valence-electron chi connectivity index (χ0n) is 11.0. The van der Waals surface area contributed by atoms with Crippen LogP contribution >= 0.6 is 0 Å². The van der Waals surface area contributed by atoms with Gasteiger partial charge in [-0.05, 0) is 44.7 Å². The summed E-state index contributed by atoms with van der Waals surface area (Å²) in [6, 6.07) is 5.88. The third-order valence-electron chi connectivity index (χ3n) is 3.05. The molecule has 0 fully saturated rings. The van der Waals surface area contributed by atoms with Gasteiger partial charge >= 0.3 is 0 Å². The van der Waals surface area contributed by atoms with Crippen LogP contribution in [0.15, 0.2) is 41.5 Å². The smallest absolute Gasteiger partial charge is 0.232 e. The fourth-order valence-electron chi connectivity index (χ4n) is 2.20. The lowest BCUT2D eigenvalue weighted by Crippen LogP contribution is -2.28. The van der Waals surface area contributed by atoms with Crippen LogP contribution in [-0.4, -0.2) is 16.5 Å². The molecule has 0 radical (unpaired) electrons. The molecule has 1 aromatic heterocycles. The minimum absolute atomic E-state index is 0.131. The summed E-state index contributed by atoms with van der Waals surface area (Å²) in [4.78, 5) is 16.8. The maximum atomic E-state index is 12.3. The van der Waals surface area contributed by atoms with Crippen molar-refractivity contribution < 1.29 is 4.79 Å². The topological polar surface area (TPSA) is 34.4 Å². The first-order valence-electron chi connectivity index (χ1n) is 6.58. The monoisotopic (exact) mass is 244 g/mol. The van der Waals surface area contributed by atoms with E-state index in [9.17, 15) is 4.79 Å². The van der Waals surface area contributed by atoms with Gasteiger partial charge in [0.15, 0.2) is 0 Å². The van der Waals surface area contributed by atoms with E-state index in [0.29, 0.717) is 12.3 Å². The van der Waals surface area contributed by atoms with E-state index < -0.39 is 0 Å². The van der Waals surface area contributed by atoms with E-state index >= 15 is 0 Å². The van der Waals surface area contributed by atoms with Gasteiger partial charge in [-0.1, -0.05) is 18.2 Å². The molecule has 1 heterocycles. The summed E-state index contributed by atoms with van der Waals surface area (Å²) in [5.74, 6) is 0.531.